The van der Waals surface area contributed by atoms with E-state index in [1.54, 1.807) is 0 Å². The molecule has 1 N–H and O–H groups in total. The Morgan fingerprint density at radius 2 is 1.86 bits per heavy atom. The minimum absolute atomic E-state index is 0.189. The molecule has 0 spiro atoms. The van der Waals surface area contributed by atoms with Crippen LogP contribution in [0.5, 0.6) is 5.75 Å². The van der Waals surface area contributed by atoms with Crippen molar-refractivity contribution in [1.82, 2.24) is 5.32 Å². The van der Waals surface area contributed by atoms with Crippen molar-refractivity contribution in [2.45, 2.75) is 0 Å². The van der Waals surface area contributed by atoms with Crippen molar-refractivity contribution in [2.24, 2.45) is 0 Å². The van der Waals surface area contributed by atoms with E-state index in [4.69, 9.17) is 4.42 Å². The van der Waals surface area contributed by atoms with Gasteiger partial charge < -0.3 is 13.9 Å². The molecule has 2 aromatic carbocycles. The zero-order chi connectivity index (χ0) is 21.5. The van der Waals surface area contributed by atoms with Crippen LogP contribution in [0.1, 0.15) is 10.4 Å². The van der Waals surface area contributed by atoms with Crippen LogP contribution in [0.25, 0.3) is 22.3 Å². The molecule has 0 saturated heterocycles. The quantitative estimate of drug-likeness (QED) is 0.377. The van der Waals surface area contributed by atoms with Crippen molar-refractivity contribution in [3.8, 4) is 17.1 Å². The molecule has 3 aromatic rings. The summed E-state index contributed by atoms with van der Waals surface area (Å²) in [5.41, 5.74) is -1.58. The summed E-state index contributed by atoms with van der Waals surface area (Å²) in [4.78, 5) is 22.7. The maximum Gasteiger partial charge on any atom is 0.319 e. The Morgan fingerprint density at radius 1 is 1.24 bits per heavy atom. The number of rotatable bonds is 5. The molecule has 0 unspecified atom stereocenters. The highest BCUT2D eigenvalue weighted by Gasteiger charge is 2.33. The first-order valence-electron chi connectivity index (χ1n) is 7.84. The van der Waals surface area contributed by atoms with E-state index in [0.29, 0.717) is 6.26 Å². The first kappa shape index (κ1) is 20.2. The Hall–Kier alpha value is -3.54. The Morgan fingerprint density at radius 3 is 2.38 bits per heavy atom. The summed E-state index contributed by atoms with van der Waals surface area (Å²) in [6.07, 6.45) is 0.583. The van der Waals surface area contributed by atoms with Gasteiger partial charge in [0.25, 0.3) is 11.7 Å². The average molecular weight is 426 g/mol. The second-order valence-electron chi connectivity index (χ2n) is 5.85. The Kier molecular flexibility index (Phi) is 4.96. The summed E-state index contributed by atoms with van der Waals surface area (Å²) >= 11 is 0. The number of fused-ring (bicyclic) bond motifs is 1. The third-order valence-corrected chi connectivity index (χ3v) is 4.32. The van der Waals surface area contributed by atoms with Gasteiger partial charge in [0, 0.05) is 12.6 Å². The number of carbonyl (C=O) groups excluding carboxylic acids is 1. The van der Waals surface area contributed by atoms with E-state index in [9.17, 15) is 27.7 Å². The van der Waals surface area contributed by atoms with Gasteiger partial charge in [-0.2, -0.15) is 8.42 Å². The number of nitrogens with zero attached hydrogens (tertiary/aromatic N) is 1. The fourth-order valence-electron chi connectivity index (χ4n) is 2.70. The minimum atomic E-state index is -4.33. The van der Waals surface area contributed by atoms with E-state index in [2.05, 4.69) is 9.50 Å². The standard InChI is InChI=1S/C17H12F2N2O7S/c1-20-17(22)13-12-11(27-15(13)8-3-5-9(18)6-4-8)7-10(21(23)24)16(14(12)19)28-29(2,25)26/h3-7H,1-2H3,(H,20,22). The molecule has 3 rings (SSSR count). The molecule has 9 nitrogen and oxygen atoms in total. The third-order valence-electron chi connectivity index (χ3n) is 3.85. The maximum atomic E-state index is 15.2. The number of hydrogen-bond acceptors (Lipinski definition) is 7. The molecule has 0 aliphatic rings. The normalized spacial score (nSPS) is 11.4. The van der Waals surface area contributed by atoms with Crippen LogP contribution in [0.4, 0.5) is 14.5 Å². The number of nitro groups is 1. The molecule has 152 valence electrons. The summed E-state index contributed by atoms with van der Waals surface area (Å²) in [6, 6.07) is 5.43. The molecule has 0 fully saturated rings. The zero-order valence-corrected chi connectivity index (χ0v) is 15.7. The molecule has 0 saturated carbocycles. The molecule has 0 radical (unpaired) electrons. The number of carbonyl (C=O) groups is 1. The molecule has 29 heavy (non-hydrogen) atoms. The lowest BCUT2D eigenvalue weighted by Crippen LogP contribution is -2.18. The van der Waals surface area contributed by atoms with Crippen molar-refractivity contribution in [2.75, 3.05) is 13.3 Å². The molecule has 0 aliphatic heterocycles. The van der Waals surface area contributed by atoms with E-state index in [0.717, 1.165) is 18.2 Å². The van der Waals surface area contributed by atoms with Gasteiger partial charge in [0.1, 0.15) is 17.2 Å². The van der Waals surface area contributed by atoms with Crippen LogP contribution in [0.3, 0.4) is 0 Å². The lowest BCUT2D eigenvalue weighted by molar-refractivity contribution is -0.385. The number of amides is 1. The molecule has 1 heterocycles. The number of nitro benzene ring substituents is 1. The fourth-order valence-corrected chi connectivity index (χ4v) is 3.16. The largest absolute Gasteiger partial charge is 0.455 e. The van der Waals surface area contributed by atoms with E-state index in [1.165, 1.54) is 19.2 Å². The number of furan rings is 1. The zero-order valence-electron chi connectivity index (χ0n) is 14.9. The molecule has 1 amide bonds. The van der Waals surface area contributed by atoms with Gasteiger partial charge >= 0.3 is 15.8 Å². The molecule has 1 aromatic heterocycles. The van der Waals surface area contributed by atoms with E-state index < -0.39 is 55.0 Å². The van der Waals surface area contributed by atoms with Crippen molar-refractivity contribution in [1.29, 1.82) is 0 Å². The van der Waals surface area contributed by atoms with E-state index in [-0.39, 0.29) is 16.9 Å². The van der Waals surface area contributed by atoms with Crippen LogP contribution in [0.2, 0.25) is 0 Å². The van der Waals surface area contributed by atoms with Gasteiger partial charge in [-0.1, -0.05) is 0 Å². The fraction of sp³-hybridized carbons (Fsp3) is 0.118. The lowest BCUT2D eigenvalue weighted by atomic mass is 10.0. The van der Waals surface area contributed by atoms with Gasteiger partial charge in [-0.3, -0.25) is 14.9 Å². The molecule has 0 aliphatic carbocycles. The number of benzene rings is 2. The Labute approximate surface area is 162 Å². The van der Waals surface area contributed by atoms with Crippen LogP contribution in [0, 0.1) is 21.7 Å². The van der Waals surface area contributed by atoms with Crippen LogP contribution < -0.4 is 9.50 Å². The first-order valence-corrected chi connectivity index (χ1v) is 9.66. The predicted molar refractivity (Wildman–Crippen MR) is 97.1 cm³/mol. The maximum absolute atomic E-state index is 15.2. The second kappa shape index (κ2) is 7.13. The highest BCUT2D eigenvalue weighted by molar-refractivity contribution is 7.86. The summed E-state index contributed by atoms with van der Waals surface area (Å²) in [6.45, 7) is 0. The summed E-state index contributed by atoms with van der Waals surface area (Å²) < 4.78 is 61.2. The van der Waals surface area contributed by atoms with E-state index >= 15 is 4.39 Å². The Balaban J connectivity index is 2.44. The van der Waals surface area contributed by atoms with Crippen molar-refractivity contribution in [3.05, 3.63) is 57.6 Å². The van der Waals surface area contributed by atoms with Crippen molar-refractivity contribution >= 4 is 32.7 Å². The van der Waals surface area contributed by atoms with Crippen molar-refractivity contribution < 1.29 is 35.5 Å². The minimum Gasteiger partial charge on any atom is -0.455 e. The van der Waals surface area contributed by atoms with Gasteiger partial charge in [0.2, 0.25) is 0 Å². The molecular formula is C17H12F2N2O7S. The highest BCUT2D eigenvalue weighted by atomic mass is 32.2. The smallest absolute Gasteiger partial charge is 0.319 e. The lowest BCUT2D eigenvalue weighted by Gasteiger charge is -2.07. The molecule has 0 atom stereocenters. The second-order valence-corrected chi connectivity index (χ2v) is 7.42. The van der Waals surface area contributed by atoms with Gasteiger partial charge in [0.15, 0.2) is 5.82 Å². The predicted octanol–water partition coefficient (Wildman–Crippen LogP) is 2.98. The number of halogens is 2. The van der Waals surface area contributed by atoms with E-state index in [1.807, 2.05) is 0 Å². The van der Waals surface area contributed by atoms with Gasteiger partial charge in [-0.15, -0.1) is 0 Å². The van der Waals surface area contributed by atoms with Crippen LogP contribution in [-0.2, 0) is 10.1 Å². The van der Waals surface area contributed by atoms with Gasteiger partial charge in [0.05, 0.1) is 28.2 Å². The van der Waals surface area contributed by atoms with Crippen molar-refractivity contribution in [3.63, 3.8) is 0 Å². The average Bonchev–Trinajstić information content (AvgIpc) is 3.02. The first-order chi connectivity index (χ1) is 13.5. The Bertz CT molecular complexity index is 1250. The summed E-state index contributed by atoms with van der Waals surface area (Å²) in [5, 5.41) is 13.1. The summed E-state index contributed by atoms with van der Waals surface area (Å²) in [7, 11) is -3.07. The molecular weight excluding hydrogens is 414 g/mol. The number of hydrogen-bond donors (Lipinski definition) is 1. The SMILES string of the molecule is CNC(=O)c1c(-c2ccc(F)cc2)oc2cc([N+](=O)[O-])c(OS(C)(=O)=O)c(F)c12. The topological polar surface area (TPSA) is 129 Å². The molecule has 0 bridgehead atoms. The summed E-state index contributed by atoms with van der Waals surface area (Å²) in [5.74, 6) is -4.22. The van der Waals surface area contributed by atoms with Crippen LogP contribution >= 0.6 is 0 Å². The number of nitrogens with one attached hydrogen (secondary N) is 1. The van der Waals surface area contributed by atoms with Gasteiger partial charge in [-0.25, -0.2) is 8.78 Å². The van der Waals surface area contributed by atoms with Gasteiger partial charge in [-0.05, 0) is 24.3 Å². The van der Waals surface area contributed by atoms with Crippen LogP contribution in [0.15, 0.2) is 34.7 Å². The third kappa shape index (κ3) is 3.74. The molecule has 12 heteroatoms. The monoisotopic (exact) mass is 426 g/mol. The van der Waals surface area contributed by atoms with Crippen LogP contribution in [-0.4, -0.2) is 32.6 Å². The highest BCUT2D eigenvalue weighted by Crippen LogP contribution is 2.42.